The van der Waals surface area contributed by atoms with Crippen molar-refractivity contribution in [3.05, 3.63) is 39.3 Å². The van der Waals surface area contributed by atoms with Gasteiger partial charge in [-0.3, -0.25) is 14.5 Å². The monoisotopic (exact) mass is 390 g/mol. The molecule has 1 aromatic rings. The number of anilines is 1. The lowest BCUT2D eigenvalue weighted by molar-refractivity contribution is -0.122. The maximum Gasteiger partial charge on any atom is 0.293 e. The first kappa shape index (κ1) is 19.1. The zero-order valence-corrected chi connectivity index (χ0v) is 17.3. The maximum absolute atomic E-state index is 12.5. The number of imide groups is 1. The summed E-state index contributed by atoms with van der Waals surface area (Å²) in [6.45, 7) is 8.79. The summed E-state index contributed by atoms with van der Waals surface area (Å²) in [4.78, 5) is 28.4. The number of allylic oxidation sites excluding steroid dienone is 1. The molecule has 0 radical (unpaired) electrons. The van der Waals surface area contributed by atoms with E-state index in [4.69, 9.17) is 11.6 Å². The van der Waals surface area contributed by atoms with Crippen LogP contribution in [0.4, 0.5) is 10.5 Å². The summed E-state index contributed by atoms with van der Waals surface area (Å²) in [5, 5.41) is 0.359. The Hall–Kier alpha value is -1.72. The van der Waals surface area contributed by atoms with E-state index in [1.165, 1.54) is 10.5 Å². The highest BCUT2D eigenvalue weighted by Gasteiger charge is 2.35. The normalized spacial score (nSPS) is 20.7. The molecule has 0 aromatic heterocycles. The van der Waals surface area contributed by atoms with Gasteiger partial charge in [0, 0.05) is 29.9 Å². The first-order valence-corrected chi connectivity index (χ1v) is 9.87. The molecular formula is C20H23ClN2O2S. The van der Waals surface area contributed by atoms with Crippen molar-refractivity contribution in [2.24, 2.45) is 0 Å². The smallest absolute Gasteiger partial charge is 0.293 e. The van der Waals surface area contributed by atoms with E-state index < -0.39 is 0 Å². The number of hydrogen-bond donors (Lipinski definition) is 0. The zero-order chi connectivity index (χ0) is 19.2. The van der Waals surface area contributed by atoms with E-state index in [1.54, 1.807) is 6.08 Å². The number of benzene rings is 1. The van der Waals surface area contributed by atoms with Crippen molar-refractivity contribution < 1.29 is 9.59 Å². The van der Waals surface area contributed by atoms with Crippen LogP contribution in [0.2, 0.25) is 5.02 Å². The summed E-state index contributed by atoms with van der Waals surface area (Å²) in [5.74, 6) is -0.235. The lowest BCUT2D eigenvalue weighted by Gasteiger charge is -2.40. The quantitative estimate of drug-likeness (QED) is 0.646. The summed E-state index contributed by atoms with van der Waals surface area (Å²) in [6, 6.07) is 3.94. The lowest BCUT2D eigenvalue weighted by Crippen LogP contribution is -2.42. The lowest BCUT2D eigenvalue weighted by atomic mass is 9.88. The van der Waals surface area contributed by atoms with E-state index in [9.17, 15) is 9.59 Å². The summed E-state index contributed by atoms with van der Waals surface area (Å²) in [7, 11) is 2.05. The molecule has 1 fully saturated rings. The van der Waals surface area contributed by atoms with Crippen molar-refractivity contribution in [1.82, 2.24) is 4.90 Å². The van der Waals surface area contributed by atoms with Gasteiger partial charge in [-0.15, -0.1) is 0 Å². The molecule has 0 aliphatic carbocycles. The average molecular weight is 391 g/mol. The fraction of sp³-hybridized carbons (Fsp3) is 0.400. The minimum Gasteiger partial charge on any atom is -0.365 e. The molecule has 2 amide bonds. The third kappa shape index (κ3) is 3.19. The predicted molar refractivity (Wildman–Crippen MR) is 111 cm³/mol. The average Bonchev–Trinajstić information content (AvgIpc) is 2.82. The van der Waals surface area contributed by atoms with Gasteiger partial charge in [0.1, 0.15) is 0 Å². The predicted octanol–water partition coefficient (Wildman–Crippen LogP) is 5.42. The Morgan fingerprint density at radius 3 is 2.62 bits per heavy atom. The van der Waals surface area contributed by atoms with Crippen molar-refractivity contribution in [3.8, 4) is 0 Å². The number of thioether (sulfide) groups is 1. The number of rotatable bonds is 3. The van der Waals surface area contributed by atoms with E-state index in [0.717, 1.165) is 35.0 Å². The maximum atomic E-state index is 12.5. The fourth-order valence-electron chi connectivity index (χ4n) is 3.36. The summed E-state index contributed by atoms with van der Waals surface area (Å²) in [5.41, 5.74) is 4.00. The highest BCUT2D eigenvalue weighted by Crippen LogP contribution is 2.42. The molecule has 26 heavy (non-hydrogen) atoms. The third-order valence-electron chi connectivity index (χ3n) is 4.94. The molecule has 1 saturated heterocycles. The second-order valence-electron chi connectivity index (χ2n) is 7.26. The molecule has 4 nitrogen and oxygen atoms in total. The minimum atomic E-state index is -0.235. The number of carbonyl (C=O) groups excluding carboxylic acids is 2. The number of likely N-dealkylation sites (N-methyl/N-ethyl adjacent to an activating group) is 1. The molecule has 2 aliphatic heterocycles. The van der Waals surface area contributed by atoms with Crippen LogP contribution >= 0.6 is 23.4 Å². The fourth-order valence-corrected chi connectivity index (χ4v) is 4.42. The first-order valence-electron chi connectivity index (χ1n) is 8.68. The summed E-state index contributed by atoms with van der Waals surface area (Å²) in [6.07, 6.45) is 4.70. The molecule has 0 atom stereocenters. The molecule has 2 heterocycles. The molecule has 6 heteroatoms. The van der Waals surface area contributed by atoms with Crippen LogP contribution in [-0.2, 0) is 4.79 Å². The van der Waals surface area contributed by atoms with Gasteiger partial charge in [0.25, 0.3) is 11.1 Å². The highest BCUT2D eigenvalue weighted by atomic mass is 35.5. The van der Waals surface area contributed by atoms with Crippen LogP contribution < -0.4 is 4.90 Å². The Balaban J connectivity index is 2.03. The number of amides is 2. The van der Waals surface area contributed by atoms with Gasteiger partial charge in [0.05, 0.1) is 10.4 Å². The van der Waals surface area contributed by atoms with Gasteiger partial charge in [0.15, 0.2) is 0 Å². The Morgan fingerprint density at radius 2 is 1.96 bits per heavy atom. The summed E-state index contributed by atoms with van der Waals surface area (Å²) < 4.78 is 0. The van der Waals surface area contributed by atoms with Gasteiger partial charge in [-0.1, -0.05) is 24.6 Å². The summed E-state index contributed by atoms with van der Waals surface area (Å²) >= 11 is 7.50. The number of carbonyl (C=O) groups is 2. The Morgan fingerprint density at radius 1 is 1.27 bits per heavy atom. The van der Waals surface area contributed by atoms with Gasteiger partial charge < -0.3 is 4.90 Å². The van der Waals surface area contributed by atoms with Crippen LogP contribution in [0.25, 0.3) is 11.6 Å². The minimum absolute atomic E-state index is 0.0925. The molecule has 0 saturated carbocycles. The van der Waals surface area contributed by atoms with Crippen molar-refractivity contribution in [2.75, 3.05) is 18.5 Å². The number of nitrogens with zero attached hydrogens (tertiary/aromatic N) is 2. The second kappa shape index (κ2) is 6.78. The van der Waals surface area contributed by atoms with Gasteiger partial charge >= 0.3 is 0 Å². The van der Waals surface area contributed by atoms with E-state index >= 15 is 0 Å². The molecule has 0 unspecified atom stereocenters. The number of fused-ring (bicyclic) bond motifs is 1. The van der Waals surface area contributed by atoms with Crippen LogP contribution in [0, 0.1) is 0 Å². The van der Waals surface area contributed by atoms with Gasteiger partial charge in [-0.2, -0.15) is 0 Å². The molecule has 0 spiro atoms. The van der Waals surface area contributed by atoms with Crippen LogP contribution in [0.1, 0.15) is 45.2 Å². The van der Waals surface area contributed by atoms with Crippen molar-refractivity contribution >= 4 is 51.8 Å². The van der Waals surface area contributed by atoms with Crippen LogP contribution in [0.5, 0.6) is 0 Å². The molecule has 2 aliphatic rings. The van der Waals surface area contributed by atoms with Gasteiger partial charge in [-0.05, 0) is 68.3 Å². The molecule has 0 N–H and O–H groups in total. The third-order valence-corrected chi connectivity index (χ3v) is 6.18. The molecule has 1 aromatic carbocycles. The SMILES string of the molecule is CCCN1C(=O)S/C(=C/c2cc3c(cc2Cl)N(C)C(C)(C)C=C3C)C1=O. The number of hydrogen-bond acceptors (Lipinski definition) is 4. The van der Waals surface area contributed by atoms with Crippen molar-refractivity contribution in [2.45, 2.75) is 39.7 Å². The van der Waals surface area contributed by atoms with Crippen LogP contribution in [0.3, 0.4) is 0 Å². The Bertz CT molecular complexity index is 858. The topological polar surface area (TPSA) is 40.6 Å². The molecule has 138 valence electrons. The van der Waals surface area contributed by atoms with Crippen molar-refractivity contribution in [3.63, 3.8) is 0 Å². The van der Waals surface area contributed by atoms with Crippen LogP contribution in [0.15, 0.2) is 23.1 Å². The van der Waals surface area contributed by atoms with E-state index in [1.807, 2.05) is 26.1 Å². The van der Waals surface area contributed by atoms with E-state index in [-0.39, 0.29) is 16.7 Å². The van der Waals surface area contributed by atoms with E-state index in [0.29, 0.717) is 16.5 Å². The molecule has 0 bridgehead atoms. The largest absolute Gasteiger partial charge is 0.365 e. The Labute approximate surface area is 163 Å². The van der Waals surface area contributed by atoms with E-state index in [2.05, 4.69) is 31.7 Å². The number of halogens is 1. The van der Waals surface area contributed by atoms with Gasteiger partial charge in [-0.25, -0.2) is 0 Å². The van der Waals surface area contributed by atoms with Crippen molar-refractivity contribution in [1.29, 1.82) is 0 Å². The Kier molecular flexibility index (Phi) is 4.97. The highest BCUT2D eigenvalue weighted by molar-refractivity contribution is 8.18. The molecular weight excluding hydrogens is 368 g/mol. The van der Waals surface area contributed by atoms with Crippen LogP contribution in [-0.4, -0.2) is 35.2 Å². The molecule has 3 rings (SSSR count). The zero-order valence-electron chi connectivity index (χ0n) is 15.7. The van der Waals surface area contributed by atoms with Gasteiger partial charge in [0.2, 0.25) is 0 Å². The standard InChI is InChI=1S/C20H23ClN2O2S/c1-6-7-23-18(24)17(26-19(23)25)9-13-8-14-12(2)11-20(3,4)22(5)16(14)10-15(13)21/h8-11H,6-7H2,1-5H3/b17-9+. The second-order valence-corrected chi connectivity index (χ2v) is 8.66. The first-order chi connectivity index (χ1) is 12.2.